The first kappa shape index (κ1) is 38.4. The summed E-state index contributed by atoms with van der Waals surface area (Å²) in [6.45, 7) is 3.13. The first-order valence-corrected chi connectivity index (χ1v) is 17.1. The summed E-state index contributed by atoms with van der Waals surface area (Å²) < 4.78 is 21.4. The van der Waals surface area contributed by atoms with Crippen LogP contribution < -0.4 is 10.6 Å². The number of fused-ring (bicyclic) bond motifs is 3. The van der Waals surface area contributed by atoms with Crippen LogP contribution in [0.25, 0.3) is 11.1 Å². The third kappa shape index (κ3) is 11.1. The highest BCUT2D eigenvalue weighted by atomic mass is 16.8. The van der Waals surface area contributed by atoms with Crippen molar-refractivity contribution in [2.24, 2.45) is 0 Å². The Hall–Kier alpha value is -4.37. The van der Waals surface area contributed by atoms with Crippen LogP contribution in [0.5, 0.6) is 0 Å². The van der Waals surface area contributed by atoms with E-state index in [-0.39, 0.29) is 37.9 Å². The van der Waals surface area contributed by atoms with Crippen LogP contribution in [0.2, 0.25) is 0 Å². The zero-order valence-corrected chi connectivity index (χ0v) is 28.5. The van der Waals surface area contributed by atoms with Crippen molar-refractivity contribution in [3.63, 3.8) is 0 Å². The summed E-state index contributed by atoms with van der Waals surface area (Å²) in [5.41, 5.74) is 4.55. The molecule has 1 fully saturated rings. The molecule has 50 heavy (non-hydrogen) atoms. The molecule has 2 aromatic rings. The molecule has 0 saturated carbocycles. The number of nitrogens with zero attached hydrogens (tertiary/aromatic N) is 1. The molecule has 4 rings (SSSR count). The number of amides is 4. The van der Waals surface area contributed by atoms with E-state index in [0.717, 1.165) is 35.1 Å². The van der Waals surface area contributed by atoms with Crippen LogP contribution in [0, 0.1) is 0 Å². The highest BCUT2D eigenvalue weighted by Crippen LogP contribution is 2.47. The Morgan fingerprint density at radius 3 is 2.34 bits per heavy atom. The Morgan fingerprint density at radius 1 is 0.860 bits per heavy atom. The van der Waals surface area contributed by atoms with Gasteiger partial charge in [0.2, 0.25) is 5.91 Å². The molecule has 0 bridgehead atoms. The first-order chi connectivity index (χ1) is 24.3. The molecule has 0 spiro atoms. The minimum absolute atomic E-state index is 0.0374. The molecule has 14 nitrogen and oxygen atoms in total. The molecule has 0 aromatic heterocycles. The van der Waals surface area contributed by atoms with Crippen LogP contribution in [-0.2, 0) is 44.6 Å². The van der Waals surface area contributed by atoms with Gasteiger partial charge < -0.3 is 34.7 Å². The molecule has 2 aliphatic rings. The van der Waals surface area contributed by atoms with Gasteiger partial charge in [0, 0.05) is 77.4 Å². The summed E-state index contributed by atoms with van der Waals surface area (Å²) >= 11 is 0. The van der Waals surface area contributed by atoms with E-state index >= 15 is 0 Å². The SMILES string of the molecule is COCCCOCCNC(=O)CCCc1ccc2c(c1)C(COC(=O)ON1C(=O)CCC1=O)c1cccc(C(=O)NCCOCCCCO)c1-2. The van der Waals surface area contributed by atoms with Gasteiger partial charge in [-0.05, 0) is 66.0 Å². The van der Waals surface area contributed by atoms with Gasteiger partial charge in [-0.2, -0.15) is 0 Å². The maximum Gasteiger partial charge on any atom is 0.533 e. The Morgan fingerprint density at radius 2 is 1.60 bits per heavy atom. The lowest BCUT2D eigenvalue weighted by Gasteiger charge is -2.17. The standard InChI is InChI=1S/C36H47N3O11/c1-46-18-6-20-48-21-15-37-31(41)10-4-7-25-11-12-27-29(23-25)30(24-49-36(45)50-39-32(42)13-14-33(39)43)26-8-5-9-28(34(26)27)35(44)38-16-22-47-19-3-2-17-40/h5,8-9,11-12,23,30,40H,2-4,6-7,10,13-22,24H2,1H3,(H,37,41)(H,38,44). The van der Waals surface area contributed by atoms with Crippen LogP contribution in [0.3, 0.4) is 0 Å². The predicted octanol–water partition coefficient (Wildman–Crippen LogP) is 3.03. The summed E-state index contributed by atoms with van der Waals surface area (Å²) in [6, 6.07) is 11.3. The van der Waals surface area contributed by atoms with Crippen molar-refractivity contribution >= 4 is 29.8 Å². The fourth-order valence-electron chi connectivity index (χ4n) is 5.85. The molecule has 1 aliphatic carbocycles. The number of methoxy groups -OCH3 is 1. The van der Waals surface area contributed by atoms with Gasteiger partial charge in [-0.3, -0.25) is 24.0 Å². The second-order valence-electron chi connectivity index (χ2n) is 11.9. The van der Waals surface area contributed by atoms with Crippen LogP contribution in [-0.4, -0.2) is 106 Å². The number of carbonyl (C=O) groups is 5. The average molecular weight is 698 g/mol. The number of carbonyl (C=O) groups excluding carboxylic acids is 5. The number of unbranched alkanes of at least 4 members (excludes halogenated alkanes) is 1. The van der Waals surface area contributed by atoms with Crippen molar-refractivity contribution in [1.82, 2.24) is 15.7 Å². The molecule has 1 unspecified atom stereocenters. The predicted molar refractivity (Wildman–Crippen MR) is 180 cm³/mol. The van der Waals surface area contributed by atoms with Crippen LogP contribution in [0.4, 0.5) is 4.79 Å². The summed E-state index contributed by atoms with van der Waals surface area (Å²) in [7, 11) is 1.64. The van der Waals surface area contributed by atoms with Crippen LogP contribution in [0.1, 0.15) is 77.9 Å². The smallest absolute Gasteiger partial charge is 0.432 e. The highest BCUT2D eigenvalue weighted by Gasteiger charge is 2.36. The lowest BCUT2D eigenvalue weighted by Crippen LogP contribution is -2.32. The summed E-state index contributed by atoms with van der Waals surface area (Å²) in [5, 5.41) is 15.1. The molecular weight excluding hydrogens is 650 g/mol. The van der Waals surface area contributed by atoms with Crippen LogP contribution in [0.15, 0.2) is 36.4 Å². The maximum absolute atomic E-state index is 13.4. The Labute approximate surface area is 291 Å². The number of hydrogen-bond donors (Lipinski definition) is 3. The van der Waals surface area contributed by atoms with Crippen molar-refractivity contribution in [3.05, 3.63) is 58.7 Å². The molecule has 14 heteroatoms. The highest BCUT2D eigenvalue weighted by molar-refractivity contribution is 6.03. The first-order valence-electron chi connectivity index (χ1n) is 17.1. The number of ether oxygens (including phenoxy) is 4. The Balaban J connectivity index is 1.41. The van der Waals surface area contributed by atoms with Gasteiger partial charge in [-0.15, -0.1) is 0 Å². The molecule has 4 amide bonds. The quantitative estimate of drug-likeness (QED) is 0.0936. The summed E-state index contributed by atoms with van der Waals surface area (Å²) in [6.07, 6.45) is 2.48. The lowest BCUT2D eigenvalue weighted by molar-refractivity contribution is -0.177. The van der Waals surface area contributed by atoms with E-state index in [0.29, 0.717) is 88.0 Å². The van der Waals surface area contributed by atoms with E-state index in [2.05, 4.69) is 10.6 Å². The summed E-state index contributed by atoms with van der Waals surface area (Å²) in [5.74, 6) is -2.04. The zero-order chi connectivity index (χ0) is 35.7. The number of nitrogens with one attached hydrogen (secondary N) is 2. The number of aliphatic hydroxyl groups is 1. The second-order valence-corrected chi connectivity index (χ2v) is 11.9. The third-order valence-corrected chi connectivity index (χ3v) is 8.32. The Bertz CT molecular complexity index is 1470. The topological polar surface area (TPSA) is 179 Å². The number of hydrogen-bond acceptors (Lipinski definition) is 11. The molecule has 1 atom stereocenters. The fourth-order valence-corrected chi connectivity index (χ4v) is 5.85. The van der Waals surface area contributed by atoms with Gasteiger partial charge in [0.1, 0.15) is 6.61 Å². The van der Waals surface area contributed by atoms with Gasteiger partial charge >= 0.3 is 6.16 Å². The van der Waals surface area contributed by atoms with Gasteiger partial charge in [0.05, 0.1) is 13.2 Å². The van der Waals surface area contributed by atoms with E-state index in [1.807, 2.05) is 24.3 Å². The van der Waals surface area contributed by atoms with E-state index in [1.54, 1.807) is 19.2 Å². The number of rotatable bonds is 22. The van der Waals surface area contributed by atoms with E-state index in [4.69, 9.17) is 28.9 Å². The van der Waals surface area contributed by atoms with Gasteiger partial charge in [-0.1, -0.05) is 35.4 Å². The number of benzene rings is 2. The number of aliphatic hydroxyl groups excluding tert-OH is 1. The minimum Gasteiger partial charge on any atom is -0.432 e. The van der Waals surface area contributed by atoms with Crippen molar-refractivity contribution in [1.29, 1.82) is 0 Å². The van der Waals surface area contributed by atoms with E-state index in [9.17, 15) is 24.0 Å². The molecule has 0 radical (unpaired) electrons. The monoisotopic (exact) mass is 697 g/mol. The minimum atomic E-state index is -1.18. The fraction of sp³-hybridized carbons (Fsp3) is 0.528. The molecule has 3 N–H and O–H groups in total. The largest absolute Gasteiger partial charge is 0.533 e. The molecular formula is C36H47N3O11. The third-order valence-electron chi connectivity index (χ3n) is 8.32. The average Bonchev–Trinajstić information content (AvgIpc) is 3.60. The molecule has 2 aromatic carbocycles. The lowest BCUT2D eigenvalue weighted by atomic mass is 9.95. The Kier molecular flexibility index (Phi) is 15.6. The van der Waals surface area contributed by atoms with Gasteiger partial charge in [0.15, 0.2) is 0 Å². The van der Waals surface area contributed by atoms with E-state index in [1.165, 1.54) is 0 Å². The molecule has 1 aliphatic heterocycles. The van der Waals surface area contributed by atoms with Crippen molar-refractivity contribution in [2.45, 2.75) is 57.3 Å². The van der Waals surface area contributed by atoms with Gasteiger partial charge in [-0.25, -0.2) is 4.79 Å². The number of aryl methyl sites for hydroxylation is 1. The second kappa shape index (κ2) is 20.3. The zero-order valence-electron chi connectivity index (χ0n) is 28.5. The summed E-state index contributed by atoms with van der Waals surface area (Å²) in [4.78, 5) is 67.1. The molecule has 1 saturated heterocycles. The van der Waals surface area contributed by atoms with E-state index < -0.39 is 23.9 Å². The van der Waals surface area contributed by atoms with Crippen LogP contribution >= 0.6 is 0 Å². The number of imide groups is 1. The van der Waals surface area contributed by atoms with Crippen molar-refractivity contribution in [2.75, 3.05) is 66.4 Å². The van der Waals surface area contributed by atoms with Crippen molar-refractivity contribution < 1.29 is 52.9 Å². The maximum atomic E-state index is 13.4. The number of hydroxylamine groups is 2. The van der Waals surface area contributed by atoms with Crippen molar-refractivity contribution in [3.8, 4) is 11.1 Å². The van der Waals surface area contributed by atoms with Gasteiger partial charge in [0.25, 0.3) is 17.7 Å². The molecule has 1 heterocycles. The normalized spacial score (nSPS) is 14.8. The molecule has 272 valence electrons.